The van der Waals surface area contributed by atoms with Gasteiger partial charge in [0.15, 0.2) is 0 Å². The second-order valence-electron chi connectivity index (χ2n) is 6.47. The van der Waals surface area contributed by atoms with Crippen LogP contribution in [0.5, 0.6) is 0 Å². The Morgan fingerprint density at radius 1 is 1.33 bits per heavy atom. The topological polar surface area (TPSA) is 61.4 Å². The van der Waals surface area contributed by atoms with Gasteiger partial charge in [-0.3, -0.25) is 4.79 Å². The van der Waals surface area contributed by atoms with Crippen LogP contribution in [0.15, 0.2) is 18.2 Å². The molecule has 1 saturated heterocycles. The van der Waals surface area contributed by atoms with Gasteiger partial charge < -0.3 is 15.5 Å². The summed E-state index contributed by atoms with van der Waals surface area (Å²) in [6, 6.07) is 4.30. The zero-order valence-corrected chi connectivity index (χ0v) is 14.6. The summed E-state index contributed by atoms with van der Waals surface area (Å²) in [6.45, 7) is 6.95. The molecular weight excluding hydrogens is 309 g/mol. The van der Waals surface area contributed by atoms with E-state index in [2.05, 4.69) is 10.6 Å². The number of piperidine rings is 1. The maximum atomic E-state index is 13.5. The Morgan fingerprint density at radius 3 is 2.58 bits per heavy atom. The van der Waals surface area contributed by atoms with Crippen molar-refractivity contribution in [2.24, 2.45) is 5.92 Å². The summed E-state index contributed by atoms with van der Waals surface area (Å²) in [5.74, 6) is -0.102. The minimum atomic E-state index is -0.343. The number of nitrogens with one attached hydrogen (secondary N) is 2. The molecule has 0 aromatic heterocycles. The summed E-state index contributed by atoms with van der Waals surface area (Å²) in [5.41, 5.74) is 0.972. The third-order valence-electron chi connectivity index (χ3n) is 4.61. The molecule has 1 aromatic rings. The fourth-order valence-corrected chi connectivity index (χ4v) is 2.75. The molecule has 2 rings (SSSR count). The fourth-order valence-electron chi connectivity index (χ4n) is 2.75. The van der Waals surface area contributed by atoms with Gasteiger partial charge in [-0.1, -0.05) is 19.9 Å². The van der Waals surface area contributed by atoms with Crippen molar-refractivity contribution in [1.82, 2.24) is 10.2 Å². The highest BCUT2D eigenvalue weighted by Crippen LogP contribution is 2.16. The molecule has 1 aromatic carbocycles. The number of benzene rings is 1. The van der Waals surface area contributed by atoms with Crippen molar-refractivity contribution in [2.45, 2.75) is 46.1 Å². The number of urea groups is 1. The number of nitrogens with zero attached hydrogens (tertiary/aromatic N) is 1. The zero-order valence-electron chi connectivity index (χ0n) is 14.6. The van der Waals surface area contributed by atoms with Gasteiger partial charge >= 0.3 is 6.03 Å². The van der Waals surface area contributed by atoms with Crippen LogP contribution in [0.3, 0.4) is 0 Å². The number of halogens is 1. The summed E-state index contributed by atoms with van der Waals surface area (Å²) in [4.78, 5) is 26.0. The molecule has 1 aliphatic rings. The molecule has 3 amide bonds. The van der Waals surface area contributed by atoms with Crippen LogP contribution in [0.4, 0.5) is 14.9 Å². The van der Waals surface area contributed by atoms with Gasteiger partial charge in [0.05, 0.1) is 0 Å². The number of aryl methyl sites for hydroxylation is 1. The Labute approximate surface area is 142 Å². The van der Waals surface area contributed by atoms with Gasteiger partial charge in [0.25, 0.3) is 0 Å². The molecule has 0 spiro atoms. The first-order valence-corrected chi connectivity index (χ1v) is 8.53. The molecule has 1 atom stereocenters. The van der Waals surface area contributed by atoms with Crippen LogP contribution < -0.4 is 10.6 Å². The van der Waals surface area contributed by atoms with Crippen LogP contribution in [0.1, 0.15) is 38.7 Å². The quantitative estimate of drug-likeness (QED) is 0.887. The van der Waals surface area contributed by atoms with E-state index in [0.717, 1.165) is 19.3 Å². The van der Waals surface area contributed by atoms with Gasteiger partial charge in [-0.2, -0.15) is 0 Å². The lowest BCUT2D eigenvalue weighted by Crippen LogP contribution is -2.48. The number of amides is 3. The SMILES string of the molecule is CC[C@H](C)C(=O)N1CCC(NC(=O)Nc2ccc(C)c(F)c2)CC1. The summed E-state index contributed by atoms with van der Waals surface area (Å²) < 4.78 is 13.5. The molecule has 0 saturated carbocycles. The first-order chi connectivity index (χ1) is 11.4. The molecule has 1 fully saturated rings. The van der Waals surface area contributed by atoms with Crippen molar-refractivity contribution in [1.29, 1.82) is 0 Å². The van der Waals surface area contributed by atoms with E-state index in [0.29, 0.717) is 24.3 Å². The predicted molar refractivity (Wildman–Crippen MR) is 92.3 cm³/mol. The van der Waals surface area contributed by atoms with Gasteiger partial charge in [-0.05, 0) is 43.9 Å². The van der Waals surface area contributed by atoms with Crippen LogP contribution in [0.2, 0.25) is 0 Å². The first kappa shape index (κ1) is 18.2. The molecular formula is C18H26FN3O2. The van der Waals surface area contributed by atoms with Gasteiger partial charge in [-0.25, -0.2) is 9.18 Å². The van der Waals surface area contributed by atoms with Gasteiger partial charge in [0.2, 0.25) is 5.91 Å². The Morgan fingerprint density at radius 2 is 2.00 bits per heavy atom. The van der Waals surface area contributed by atoms with Gasteiger partial charge in [0, 0.05) is 30.7 Å². The molecule has 24 heavy (non-hydrogen) atoms. The average molecular weight is 335 g/mol. The number of hydrogen-bond donors (Lipinski definition) is 2. The lowest BCUT2D eigenvalue weighted by atomic mass is 10.0. The summed E-state index contributed by atoms with van der Waals surface area (Å²) in [7, 11) is 0. The Kier molecular flexibility index (Phi) is 6.17. The molecule has 1 aliphatic heterocycles. The maximum absolute atomic E-state index is 13.5. The molecule has 0 aliphatic carbocycles. The Balaban J connectivity index is 1.80. The highest BCUT2D eigenvalue weighted by Gasteiger charge is 2.26. The van der Waals surface area contributed by atoms with E-state index in [9.17, 15) is 14.0 Å². The van der Waals surface area contributed by atoms with Crippen molar-refractivity contribution >= 4 is 17.6 Å². The van der Waals surface area contributed by atoms with Crippen LogP contribution >= 0.6 is 0 Å². The van der Waals surface area contributed by atoms with Crippen LogP contribution in [-0.2, 0) is 4.79 Å². The highest BCUT2D eigenvalue weighted by atomic mass is 19.1. The maximum Gasteiger partial charge on any atom is 0.319 e. The molecule has 0 bridgehead atoms. The molecule has 2 N–H and O–H groups in total. The van der Waals surface area contributed by atoms with Crippen LogP contribution in [-0.4, -0.2) is 36.0 Å². The number of rotatable bonds is 4. The van der Waals surface area contributed by atoms with E-state index in [-0.39, 0.29) is 29.7 Å². The lowest BCUT2D eigenvalue weighted by molar-refractivity contribution is -0.136. The van der Waals surface area contributed by atoms with Crippen molar-refractivity contribution in [2.75, 3.05) is 18.4 Å². The lowest BCUT2D eigenvalue weighted by Gasteiger charge is -2.33. The third kappa shape index (κ3) is 4.69. The largest absolute Gasteiger partial charge is 0.342 e. The minimum Gasteiger partial charge on any atom is -0.342 e. The normalized spacial score (nSPS) is 16.6. The number of anilines is 1. The van der Waals surface area contributed by atoms with E-state index in [1.54, 1.807) is 19.1 Å². The van der Waals surface area contributed by atoms with E-state index < -0.39 is 0 Å². The number of carbonyl (C=O) groups is 2. The molecule has 1 heterocycles. The molecule has 6 heteroatoms. The molecule has 5 nitrogen and oxygen atoms in total. The monoisotopic (exact) mass is 335 g/mol. The summed E-state index contributed by atoms with van der Waals surface area (Å²) in [6.07, 6.45) is 2.31. The smallest absolute Gasteiger partial charge is 0.319 e. The zero-order chi connectivity index (χ0) is 17.7. The minimum absolute atomic E-state index is 0.0290. The second-order valence-corrected chi connectivity index (χ2v) is 6.47. The molecule has 0 radical (unpaired) electrons. The van der Waals surface area contributed by atoms with Crippen molar-refractivity contribution in [3.63, 3.8) is 0 Å². The second kappa shape index (κ2) is 8.13. The van der Waals surface area contributed by atoms with Gasteiger partial charge in [-0.15, -0.1) is 0 Å². The van der Waals surface area contributed by atoms with E-state index in [4.69, 9.17) is 0 Å². The fraction of sp³-hybridized carbons (Fsp3) is 0.556. The van der Waals surface area contributed by atoms with Gasteiger partial charge in [0.1, 0.15) is 5.82 Å². The van der Waals surface area contributed by atoms with E-state index >= 15 is 0 Å². The van der Waals surface area contributed by atoms with Crippen LogP contribution in [0.25, 0.3) is 0 Å². The number of hydrogen-bond acceptors (Lipinski definition) is 2. The van der Waals surface area contributed by atoms with Crippen molar-refractivity contribution in [3.8, 4) is 0 Å². The van der Waals surface area contributed by atoms with E-state index in [1.165, 1.54) is 6.07 Å². The predicted octanol–water partition coefficient (Wildman–Crippen LogP) is 3.29. The first-order valence-electron chi connectivity index (χ1n) is 8.53. The standard InChI is InChI=1S/C18H26FN3O2/c1-4-12(2)17(23)22-9-7-14(8-10-22)20-18(24)21-15-6-5-13(3)16(19)11-15/h5-6,11-12,14H,4,7-10H2,1-3H3,(H2,20,21,24)/t12-/m0/s1. The molecule has 132 valence electrons. The molecule has 0 unspecified atom stereocenters. The van der Waals surface area contributed by atoms with Crippen molar-refractivity contribution in [3.05, 3.63) is 29.6 Å². The highest BCUT2D eigenvalue weighted by molar-refractivity contribution is 5.89. The Bertz CT molecular complexity index is 598. The third-order valence-corrected chi connectivity index (χ3v) is 4.61. The summed E-state index contributed by atoms with van der Waals surface area (Å²) >= 11 is 0. The van der Waals surface area contributed by atoms with Crippen LogP contribution in [0, 0.1) is 18.7 Å². The van der Waals surface area contributed by atoms with E-state index in [1.807, 2.05) is 18.7 Å². The average Bonchev–Trinajstić information content (AvgIpc) is 2.57. The Hall–Kier alpha value is -2.11. The van der Waals surface area contributed by atoms with Crippen molar-refractivity contribution < 1.29 is 14.0 Å². The number of likely N-dealkylation sites (tertiary alicyclic amines) is 1. The summed E-state index contributed by atoms with van der Waals surface area (Å²) in [5, 5.41) is 5.54. The number of carbonyl (C=O) groups excluding carboxylic acids is 2.